The van der Waals surface area contributed by atoms with Gasteiger partial charge in [-0.15, -0.1) is 0 Å². The molecule has 18 heavy (non-hydrogen) atoms. The maximum absolute atomic E-state index is 5.33. The molecule has 0 unspecified atom stereocenters. The summed E-state index contributed by atoms with van der Waals surface area (Å²) in [7, 11) is 1.72. The summed E-state index contributed by atoms with van der Waals surface area (Å²) in [5, 5.41) is 1.31. The molecule has 0 fully saturated rings. The first-order chi connectivity index (χ1) is 8.86. The van der Waals surface area contributed by atoms with Crippen LogP contribution in [-0.2, 0) is 6.42 Å². The summed E-state index contributed by atoms with van der Waals surface area (Å²) in [5.41, 5.74) is 6.57. The molecular formula is C16H13NO. The van der Waals surface area contributed by atoms with Crippen LogP contribution < -0.4 is 4.74 Å². The number of benzene rings is 2. The minimum atomic E-state index is 0.923. The highest BCUT2D eigenvalue weighted by Gasteiger charge is 2.23. The van der Waals surface area contributed by atoms with Crippen LogP contribution in [-0.4, -0.2) is 12.1 Å². The molecule has 0 atom stereocenters. The van der Waals surface area contributed by atoms with E-state index in [4.69, 9.17) is 4.74 Å². The van der Waals surface area contributed by atoms with E-state index in [1.165, 1.54) is 33.3 Å². The Hall–Kier alpha value is -2.22. The van der Waals surface area contributed by atoms with Crippen molar-refractivity contribution in [2.75, 3.05) is 7.11 Å². The Morgan fingerprint density at radius 3 is 2.89 bits per heavy atom. The fraction of sp³-hybridized carbons (Fsp3) is 0.125. The molecule has 0 saturated heterocycles. The maximum atomic E-state index is 5.33. The molecule has 2 heteroatoms. The molecule has 0 aliphatic heterocycles. The Morgan fingerprint density at radius 2 is 2.00 bits per heavy atom. The molecule has 2 nitrogen and oxygen atoms in total. The lowest BCUT2D eigenvalue weighted by molar-refractivity contribution is 0.415. The lowest BCUT2D eigenvalue weighted by atomic mass is 10.0. The third kappa shape index (κ3) is 1.17. The van der Waals surface area contributed by atoms with Gasteiger partial charge >= 0.3 is 0 Å². The fourth-order valence-electron chi connectivity index (χ4n) is 2.90. The quantitative estimate of drug-likeness (QED) is 0.534. The first kappa shape index (κ1) is 9.77. The zero-order valence-corrected chi connectivity index (χ0v) is 10.2. The van der Waals surface area contributed by atoms with Crippen LogP contribution in [0.15, 0.2) is 42.5 Å². The summed E-state index contributed by atoms with van der Waals surface area (Å²) in [5.74, 6) is 0.923. The van der Waals surface area contributed by atoms with Gasteiger partial charge in [0.05, 0.1) is 7.11 Å². The van der Waals surface area contributed by atoms with Gasteiger partial charge < -0.3 is 9.72 Å². The third-order valence-electron chi connectivity index (χ3n) is 3.74. The van der Waals surface area contributed by atoms with Gasteiger partial charge in [0.25, 0.3) is 0 Å². The monoisotopic (exact) mass is 235 g/mol. The van der Waals surface area contributed by atoms with Gasteiger partial charge in [-0.05, 0) is 29.3 Å². The van der Waals surface area contributed by atoms with Gasteiger partial charge in [0, 0.05) is 28.6 Å². The fourth-order valence-corrected chi connectivity index (χ4v) is 2.90. The Bertz CT molecular complexity index is 755. The van der Waals surface area contributed by atoms with E-state index in [1.54, 1.807) is 7.11 Å². The van der Waals surface area contributed by atoms with E-state index in [2.05, 4.69) is 41.4 Å². The molecule has 0 saturated carbocycles. The molecule has 1 aliphatic rings. The molecule has 1 heterocycles. The van der Waals surface area contributed by atoms with Crippen molar-refractivity contribution in [2.24, 2.45) is 0 Å². The summed E-state index contributed by atoms with van der Waals surface area (Å²) in [4.78, 5) is 3.52. The minimum Gasteiger partial charge on any atom is -0.497 e. The smallest absolute Gasteiger partial charge is 0.119 e. The molecule has 1 N–H and O–H groups in total. The molecule has 2 aromatic carbocycles. The number of aromatic nitrogens is 1. The van der Waals surface area contributed by atoms with Crippen molar-refractivity contribution in [1.29, 1.82) is 0 Å². The van der Waals surface area contributed by atoms with E-state index in [-0.39, 0.29) is 0 Å². The highest BCUT2D eigenvalue weighted by Crippen LogP contribution is 2.42. The zero-order valence-electron chi connectivity index (χ0n) is 10.2. The molecular weight excluding hydrogens is 222 g/mol. The number of rotatable bonds is 1. The maximum Gasteiger partial charge on any atom is 0.119 e. The van der Waals surface area contributed by atoms with E-state index in [0.717, 1.165) is 12.2 Å². The van der Waals surface area contributed by atoms with E-state index in [9.17, 15) is 0 Å². The second kappa shape index (κ2) is 3.39. The lowest BCUT2D eigenvalue weighted by Gasteiger charge is -2.04. The second-order valence-electron chi connectivity index (χ2n) is 4.72. The number of fused-ring (bicyclic) bond motifs is 5. The molecule has 0 bridgehead atoms. The Morgan fingerprint density at radius 1 is 1.11 bits per heavy atom. The highest BCUT2D eigenvalue weighted by atomic mass is 16.5. The third-order valence-corrected chi connectivity index (χ3v) is 3.74. The van der Waals surface area contributed by atoms with Crippen molar-refractivity contribution in [3.8, 4) is 16.9 Å². The molecule has 1 aliphatic carbocycles. The van der Waals surface area contributed by atoms with E-state index < -0.39 is 0 Å². The molecule has 3 aromatic rings. The van der Waals surface area contributed by atoms with Crippen LogP contribution in [0, 0.1) is 0 Å². The summed E-state index contributed by atoms with van der Waals surface area (Å²) < 4.78 is 5.33. The molecule has 1 aromatic heterocycles. The zero-order chi connectivity index (χ0) is 12.1. The summed E-state index contributed by atoms with van der Waals surface area (Å²) in [6.45, 7) is 0. The topological polar surface area (TPSA) is 25.0 Å². The van der Waals surface area contributed by atoms with Crippen molar-refractivity contribution in [2.45, 2.75) is 6.42 Å². The van der Waals surface area contributed by atoms with Crippen LogP contribution >= 0.6 is 0 Å². The number of methoxy groups -OCH3 is 1. The van der Waals surface area contributed by atoms with Crippen LogP contribution in [0.3, 0.4) is 0 Å². The van der Waals surface area contributed by atoms with E-state index in [0.29, 0.717) is 0 Å². The van der Waals surface area contributed by atoms with Gasteiger partial charge in [-0.1, -0.05) is 24.3 Å². The molecule has 4 rings (SSSR count). The lowest BCUT2D eigenvalue weighted by Crippen LogP contribution is -1.86. The number of nitrogens with one attached hydrogen (secondary N) is 1. The number of hydrogen-bond donors (Lipinski definition) is 1. The molecule has 0 radical (unpaired) electrons. The molecule has 0 amide bonds. The predicted molar refractivity (Wildman–Crippen MR) is 73.1 cm³/mol. The first-order valence-corrected chi connectivity index (χ1v) is 6.13. The number of hydrogen-bond acceptors (Lipinski definition) is 1. The van der Waals surface area contributed by atoms with E-state index in [1.807, 2.05) is 6.07 Å². The Balaban J connectivity index is 2.05. The van der Waals surface area contributed by atoms with Crippen molar-refractivity contribution in [1.82, 2.24) is 4.98 Å². The van der Waals surface area contributed by atoms with Crippen molar-refractivity contribution in [3.05, 3.63) is 53.7 Å². The Kier molecular flexibility index (Phi) is 1.84. The average Bonchev–Trinajstić information content (AvgIpc) is 2.93. The minimum absolute atomic E-state index is 0.923. The van der Waals surface area contributed by atoms with Gasteiger partial charge in [0.2, 0.25) is 0 Å². The summed E-state index contributed by atoms with van der Waals surface area (Å²) in [6, 6.07) is 14.8. The van der Waals surface area contributed by atoms with Crippen molar-refractivity contribution < 1.29 is 4.74 Å². The van der Waals surface area contributed by atoms with E-state index >= 15 is 0 Å². The summed E-state index contributed by atoms with van der Waals surface area (Å²) >= 11 is 0. The standard InChI is InChI=1S/C16H13NO/c1-18-11-7-6-10-8-15-16(13(10)9-11)12-4-2-3-5-14(12)17-15/h2-7,9,17H,8H2,1H3. The van der Waals surface area contributed by atoms with Crippen molar-refractivity contribution >= 4 is 10.9 Å². The van der Waals surface area contributed by atoms with Crippen LogP contribution in [0.1, 0.15) is 11.3 Å². The largest absolute Gasteiger partial charge is 0.497 e. The van der Waals surface area contributed by atoms with Gasteiger partial charge in [-0.25, -0.2) is 0 Å². The number of para-hydroxylation sites is 1. The van der Waals surface area contributed by atoms with Crippen LogP contribution in [0.5, 0.6) is 5.75 Å². The van der Waals surface area contributed by atoms with Crippen molar-refractivity contribution in [3.63, 3.8) is 0 Å². The molecule has 0 spiro atoms. The second-order valence-corrected chi connectivity index (χ2v) is 4.72. The number of ether oxygens (including phenoxy) is 1. The Labute approximate surface area is 105 Å². The SMILES string of the molecule is COc1ccc2c(c1)-c1c([nH]c3ccccc13)C2. The number of aromatic amines is 1. The predicted octanol–water partition coefficient (Wildman–Crippen LogP) is 3.75. The van der Waals surface area contributed by atoms with Gasteiger partial charge in [0.15, 0.2) is 0 Å². The highest BCUT2D eigenvalue weighted by molar-refractivity contribution is 6.00. The first-order valence-electron chi connectivity index (χ1n) is 6.13. The van der Waals surface area contributed by atoms with Gasteiger partial charge in [0.1, 0.15) is 5.75 Å². The van der Waals surface area contributed by atoms with Crippen LogP contribution in [0.4, 0.5) is 0 Å². The molecule has 88 valence electrons. The summed E-state index contributed by atoms with van der Waals surface area (Å²) in [6.07, 6.45) is 0.989. The van der Waals surface area contributed by atoms with Crippen LogP contribution in [0.25, 0.3) is 22.0 Å². The van der Waals surface area contributed by atoms with Gasteiger partial charge in [-0.2, -0.15) is 0 Å². The average molecular weight is 235 g/mol. The van der Waals surface area contributed by atoms with Crippen LogP contribution in [0.2, 0.25) is 0 Å². The number of H-pyrrole nitrogens is 1. The normalized spacial score (nSPS) is 12.5. The van der Waals surface area contributed by atoms with Gasteiger partial charge in [-0.3, -0.25) is 0 Å².